The molecule has 0 fully saturated rings. The van der Waals surface area contributed by atoms with Crippen LogP contribution < -0.4 is 0 Å². The Labute approximate surface area is 95.0 Å². The smallest absolute Gasteiger partial charge is 0.246 e. The van der Waals surface area contributed by atoms with Crippen molar-refractivity contribution in [3.8, 4) is 6.07 Å². The van der Waals surface area contributed by atoms with Gasteiger partial charge in [-0.1, -0.05) is 12.1 Å². The third-order valence-electron chi connectivity index (χ3n) is 2.34. The first kappa shape index (κ1) is 12.2. The number of rotatable bonds is 4. The molecule has 84 valence electrons. The maximum absolute atomic E-state index is 11.4. The molecule has 0 bridgehead atoms. The first-order chi connectivity index (χ1) is 7.67. The third kappa shape index (κ3) is 3.37. The normalized spacial score (nSPS) is 9.56. The number of benzene rings is 1. The molecule has 0 radical (unpaired) electrons. The molecule has 1 rings (SSSR count). The van der Waals surface area contributed by atoms with E-state index < -0.39 is 0 Å². The summed E-state index contributed by atoms with van der Waals surface area (Å²) in [5.74, 6) is -0.0631. The molecule has 0 spiro atoms. The summed E-state index contributed by atoms with van der Waals surface area (Å²) in [6.45, 7) is 0. The van der Waals surface area contributed by atoms with Crippen LogP contribution in [-0.4, -0.2) is 25.1 Å². The van der Waals surface area contributed by atoms with Gasteiger partial charge in [0.1, 0.15) is 0 Å². The second-order valence-corrected chi connectivity index (χ2v) is 3.38. The van der Waals surface area contributed by atoms with Crippen molar-refractivity contribution in [2.24, 2.45) is 0 Å². The van der Waals surface area contributed by atoms with E-state index in [2.05, 4.69) is 6.07 Å². The van der Waals surface area contributed by atoms with E-state index in [0.717, 1.165) is 5.56 Å². The number of nitriles is 1. The van der Waals surface area contributed by atoms with Crippen LogP contribution in [0.4, 0.5) is 0 Å². The molecule has 16 heavy (non-hydrogen) atoms. The van der Waals surface area contributed by atoms with Crippen LogP contribution in [0.5, 0.6) is 0 Å². The number of nitrogens with zero attached hydrogens (tertiary/aromatic N) is 2. The summed E-state index contributed by atoms with van der Waals surface area (Å²) in [5.41, 5.74) is 1.67. The lowest BCUT2D eigenvalue weighted by molar-refractivity contribution is -0.168. The SMILES string of the molecule is CON(C)C(=O)CCc1ccc(C#N)cc1. The van der Waals surface area contributed by atoms with Crippen molar-refractivity contribution in [3.05, 3.63) is 35.4 Å². The summed E-state index contributed by atoms with van der Waals surface area (Å²) in [5, 5.41) is 9.84. The topological polar surface area (TPSA) is 53.3 Å². The standard InChI is InChI=1S/C12H14N2O2/c1-14(16-2)12(15)8-7-10-3-5-11(9-13)6-4-10/h3-6H,7-8H2,1-2H3. The number of carbonyl (C=O) groups is 1. The molecule has 1 aromatic rings. The van der Waals surface area contributed by atoms with Crippen LogP contribution in [0.3, 0.4) is 0 Å². The first-order valence-corrected chi connectivity index (χ1v) is 4.97. The number of aryl methyl sites for hydroxylation is 1. The molecular formula is C12H14N2O2. The van der Waals surface area contributed by atoms with Crippen LogP contribution in [0.2, 0.25) is 0 Å². The highest BCUT2D eigenvalue weighted by Crippen LogP contribution is 2.06. The van der Waals surface area contributed by atoms with E-state index in [0.29, 0.717) is 18.4 Å². The molecule has 1 amide bonds. The monoisotopic (exact) mass is 218 g/mol. The van der Waals surface area contributed by atoms with Gasteiger partial charge in [-0.3, -0.25) is 9.63 Å². The number of amides is 1. The number of hydroxylamine groups is 2. The summed E-state index contributed by atoms with van der Waals surface area (Å²) in [6.07, 6.45) is 1.05. The molecule has 0 saturated heterocycles. The number of hydrogen-bond acceptors (Lipinski definition) is 3. The lowest BCUT2D eigenvalue weighted by Crippen LogP contribution is -2.25. The van der Waals surface area contributed by atoms with Gasteiger partial charge in [-0.2, -0.15) is 5.26 Å². The lowest BCUT2D eigenvalue weighted by Gasteiger charge is -2.13. The van der Waals surface area contributed by atoms with Crippen molar-refractivity contribution in [2.45, 2.75) is 12.8 Å². The average Bonchev–Trinajstić information content (AvgIpc) is 2.35. The molecule has 0 aliphatic carbocycles. The van der Waals surface area contributed by atoms with Gasteiger partial charge < -0.3 is 0 Å². The minimum Gasteiger partial charge on any atom is -0.275 e. The Balaban J connectivity index is 2.49. The van der Waals surface area contributed by atoms with Gasteiger partial charge >= 0.3 is 0 Å². The maximum Gasteiger partial charge on any atom is 0.246 e. The molecular weight excluding hydrogens is 204 g/mol. The van der Waals surface area contributed by atoms with Crippen molar-refractivity contribution < 1.29 is 9.63 Å². The van der Waals surface area contributed by atoms with E-state index in [4.69, 9.17) is 10.1 Å². The summed E-state index contributed by atoms with van der Waals surface area (Å²) in [6, 6.07) is 9.27. The Bertz CT molecular complexity index is 392. The fraction of sp³-hybridized carbons (Fsp3) is 0.333. The highest BCUT2D eigenvalue weighted by atomic mass is 16.7. The highest BCUT2D eigenvalue weighted by Gasteiger charge is 2.07. The zero-order chi connectivity index (χ0) is 12.0. The van der Waals surface area contributed by atoms with Crippen LogP contribution in [0, 0.1) is 11.3 Å². The van der Waals surface area contributed by atoms with Crippen LogP contribution in [0.1, 0.15) is 17.5 Å². The molecule has 0 heterocycles. The van der Waals surface area contributed by atoms with Crippen molar-refractivity contribution in [1.29, 1.82) is 5.26 Å². The quantitative estimate of drug-likeness (QED) is 0.720. The molecule has 0 aromatic heterocycles. The molecule has 0 saturated carbocycles. The average molecular weight is 218 g/mol. The fourth-order valence-corrected chi connectivity index (χ4v) is 1.26. The predicted molar refractivity (Wildman–Crippen MR) is 59.3 cm³/mol. The number of hydrogen-bond donors (Lipinski definition) is 0. The van der Waals surface area contributed by atoms with Gasteiger partial charge in [-0.15, -0.1) is 0 Å². The van der Waals surface area contributed by atoms with Crippen LogP contribution in [0.25, 0.3) is 0 Å². The molecule has 0 N–H and O–H groups in total. The first-order valence-electron chi connectivity index (χ1n) is 4.97. The van der Waals surface area contributed by atoms with E-state index in [1.165, 1.54) is 12.2 Å². The van der Waals surface area contributed by atoms with E-state index in [-0.39, 0.29) is 5.91 Å². The van der Waals surface area contributed by atoms with Crippen LogP contribution in [0.15, 0.2) is 24.3 Å². The molecule has 1 aromatic carbocycles. The third-order valence-corrected chi connectivity index (χ3v) is 2.34. The van der Waals surface area contributed by atoms with Crippen molar-refractivity contribution in [3.63, 3.8) is 0 Å². The Hall–Kier alpha value is -1.86. The van der Waals surface area contributed by atoms with Gasteiger partial charge in [0.05, 0.1) is 18.7 Å². The fourth-order valence-electron chi connectivity index (χ4n) is 1.26. The molecule has 0 aliphatic heterocycles. The van der Waals surface area contributed by atoms with Crippen LogP contribution in [-0.2, 0) is 16.1 Å². The second kappa shape index (κ2) is 5.89. The summed E-state index contributed by atoms with van der Waals surface area (Å²) in [7, 11) is 3.04. The predicted octanol–water partition coefficient (Wildman–Crippen LogP) is 1.51. The zero-order valence-electron chi connectivity index (χ0n) is 9.43. The summed E-state index contributed by atoms with van der Waals surface area (Å²) >= 11 is 0. The molecule has 4 heteroatoms. The Kier molecular flexibility index (Phi) is 4.49. The van der Waals surface area contributed by atoms with E-state index in [9.17, 15) is 4.79 Å². The Morgan fingerprint density at radius 3 is 2.56 bits per heavy atom. The minimum absolute atomic E-state index is 0.0631. The van der Waals surface area contributed by atoms with Gasteiger partial charge in [0.2, 0.25) is 5.91 Å². The largest absolute Gasteiger partial charge is 0.275 e. The van der Waals surface area contributed by atoms with Gasteiger partial charge in [-0.05, 0) is 24.1 Å². The number of carbonyl (C=O) groups excluding carboxylic acids is 1. The molecule has 0 atom stereocenters. The van der Waals surface area contributed by atoms with Crippen molar-refractivity contribution in [2.75, 3.05) is 14.2 Å². The van der Waals surface area contributed by atoms with Gasteiger partial charge in [0, 0.05) is 13.5 Å². The minimum atomic E-state index is -0.0631. The lowest BCUT2D eigenvalue weighted by atomic mass is 10.1. The van der Waals surface area contributed by atoms with E-state index in [1.54, 1.807) is 19.2 Å². The van der Waals surface area contributed by atoms with Gasteiger partial charge in [-0.25, -0.2) is 5.06 Å². The summed E-state index contributed by atoms with van der Waals surface area (Å²) in [4.78, 5) is 16.2. The zero-order valence-corrected chi connectivity index (χ0v) is 9.43. The van der Waals surface area contributed by atoms with Crippen molar-refractivity contribution in [1.82, 2.24) is 5.06 Å². The Morgan fingerprint density at radius 1 is 1.44 bits per heavy atom. The summed E-state index contributed by atoms with van der Waals surface area (Å²) < 4.78 is 0. The van der Waals surface area contributed by atoms with E-state index in [1.807, 2.05) is 12.1 Å². The maximum atomic E-state index is 11.4. The Morgan fingerprint density at radius 2 is 2.06 bits per heavy atom. The highest BCUT2D eigenvalue weighted by molar-refractivity contribution is 5.75. The molecule has 4 nitrogen and oxygen atoms in total. The molecule has 0 aliphatic rings. The van der Waals surface area contributed by atoms with Crippen LogP contribution >= 0.6 is 0 Å². The molecule has 0 unspecified atom stereocenters. The van der Waals surface area contributed by atoms with Gasteiger partial charge in [0.15, 0.2) is 0 Å². The van der Waals surface area contributed by atoms with E-state index >= 15 is 0 Å². The second-order valence-electron chi connectivity index (χ2n) is 3.38. The van der Waals surface area contributed by atoms with Crippen molar-refractivity contribution >= 4 is 5.91 Å². The van der Waals surface area contributed by atoms with Gasteiger partial charge in [0.25, 0.3) is 0 Å².